The summed E-state index contributed by atoms with van der Waals surface area (Å²) < 4.78 is 0. The van der Waals surface area contributed by atoms with Crippen molar-refractivity contribution in [3.63, 3.8) is 0 Å². The molecule has 0 spiro atoms. The highest BCUT2D eigenvalue weighted by Crippen LogP contribution is 1.74. The van der Waals surface area contributed by atoms with E-state index in [0.717, 1.165) is 13.1 Å². The van der Waals surface area contributed by atoms with Gasteiger partial charge >= 0.3 is 0 Å². The van der Waals surface area contributed by atoms with Gasteiger partial charge in [0, 0.05) is 19.1 Å². The Bertz CT molecular complexity index is 59.0. The molecule has 0 aliphatic heterocycles. The van der Waals surface area contributed by atoms with Crippen molar-refractivity contribution >= 4 is 0 Å². The number of nitrogens with one attached hydrogen (secondary N) is 2. The maximum atomic E-state index is 8.55. The van der Waals surface area contributed by atoms with Crippen LogP contribution in [0.2, 0.25) is 0 Å². The number of hydrogen-bond donors (Lipinski definition) is 3. The fraction of sp³-hybridized carbons (Fsp3) is 1.00. The molecular weight excluding hydrogens is 116 g/mol. The molecule has 3 N–H and O–H groups in total. The molecule has 56 valence electrons. The summed E-state index contributed by atoms with van der Waals surface area (Å²) >= 11 is 0. The molecule has 0 aromatic rings. The van der Waals surface area contributed by atoms with Crippen molar-refractivity contribution in [1.82, 2.24) is 10.6 Å². The van der Waals surface area contributed by atoms with E-state index in [0.29, 0.717) is 0 Å². The molecule has 0 aromatic carbocycles. The van der Waals surface area contributed by atoms with Crippen LogP contribution in [0.1, 0.15) is 6.92 Å². The average Bonchev–Trinajstić information content (AvgIpc) is 1.89. The molecule has 3 heteroatoms. The lowest BCUT2D eigenvalue weighted by Crippen LogP contribution is -2.34. The predicted octanol–water partition coefficient (Wildman–Crippen LogP) is -0.824. The molecule has 0 amide bonds. The maximum Gasteiger partial charge on any atom is 0.0581 e. The van der Waals surface area contributed by atoms with Crippen molar-refractivity contribution in [3.8, 4) is 0 Å². The first-order valence-electron chi connectivity index (χ1n) is 3.30. The lowest BCUT2D eigenvalue weighted by molar-refractivity contribution is 0.252. The highest BCUT2D eigenvalue weighted by molar-refractivity contribution is 4.57. The Morgan fingerprint density at radius 3 is 2.56 bits per heavy atom. The largest absolute Gasteiger partial charge is 0.395 e. The van der Waals surface area contributed by atoms with Crippen LogP contribution in [0.15, 0.2) is 0 Å². The number of aliphatic hydroxyl groups is 1. The van der Waals surface area contributed by atoms with Gasteiger partial charge in [0.05, 0.1) is 6.61 Å². The first kappa shape index (κ1) is 8.88. The van der Waals surface area contributed by atoms with Gasteiger partial charge in [0.1, 0.15) is 0 Å². The Morgan fingerprint density at radius 2 is 2.11 bits per heavy atom. The normalized spacial score (nSPS) is 13.7. The van der Waals surface area contributed by atoms with E-state index in [1.54, 1.807) is 0 Å². The number of likely N-dealkylation sites (N-methyl/N-ethyl adjacent to an activating group) is 1. The van der Waals surface area contributed by atoms with Crippen LogP contribution >= 0.6 is 0 Å². The molecule has 0 saturated carbocycles. The zero-order chi connectivity index (χ0) is 7.11. The smallest absolute Gasteiger partial charge is 0.0581 e. The summed E-state index contributed by atoms with van der Waals surface area (Å²) in [6, 6.07) is 0.221. The van der Waals surface area contributed by atoms with Crippen LogP contribution < -0.4 is 10.6 Å². The summed E-state index contributed by atoms with van der Waals surface area (Å²) in [6.45, 7) is 4.03. The van der Waals surface area contributed by atoms with Gasteiger partial charge in [-0.3, -0.25) is 0 Å². The predicted molar refractivity (Wildman–Crippen MR) is 38.5 cm³/mol. The van der Waals surface area contributed by atoms with E-state index in [4.69, 9.17) is 5.11 Å². The van der Waals surface area contributed by atoms with Gasteiger partial charge in [-0.15, -0.1) is 0 Å². The van der Waals surface area contributed by atoms with E-state index in [2.05, 4.69) is 10.6 Å². The fourth-order valence-electron chi connectivity index (χ4n) is 0.508. The minimum absolute atomic E-state index is 0.212. The third kappa shape index (κ3) is 5.76. The minimum atomic E-state index is 0.212. The number of hydrogen-bond acceptors (Lipinski definition) is 3. The van der Waals surface area contributed by atoms with Crippen molar-refractivity contribution in [2.75, 3.05) is 26.7 Å². The van der Waals surface area contributed by atoms with Gasteiger partial charge in [0.25, 0.3) is 0 Å². The standard InChI is InChI=1S/C6H16N2O/c1-6(5-9)8-4-3-7-2/h6-9H,3-5H2,1-2H3/t6-/m1/s1. The van der Waals surface area contributed by atoms with Crippen LogP contribution in [0.4, 0.5) is 0 Å². The molecular formula is C6H16N2O. The van der Waals surface area contributed by atoms with Crippen molar-refractivity contribution in [2.45, 2.75) is 13.0 Å². The molecule has 0 radical (unpaired) electrons. The zero-order valence-corrected chi connectivity index (χ0v) is 6.15. The van der Waals surface area contributed by atoms with E-state index in [-0.39, 0.29) is 12.6 Å². The van der Waals surface area contributed by atoms with Gasteiger partial charge in [0.15, 0.2) is 0 Å². The summed E-state index contributed by atoms with van der Waals surface area (Å²) in [7, 11) is 1.91. The molecule has 0 heterocycles. The van der Waals surface area contributed by atoms with Gasteiger partial charge in [-0.1, -0.05) is 0 Å². The molecule has 0 fully saturated rings. The average molecular weight is 132 g/mol. The summed E-state index contributed by atoms with van der Waals surface area (Å²) in [5, 5.41) is 14.7. The second-order valence-electron chi connectivity index (χ2n) is 2.14. The Hall–Kier alpha value is -0.120. The topological polar surface area (TPSA) is 44.3 Å². The molecule has 0 aromatic heterocycles. The van der Waals surface area contributed by atoms with Crippen LogP contribution in [0.25, 0.3) is 0 Å². The SMILES string of the molecule is CNCCN[C@H](C)CO. The second kappa shape index (κ2) is 6.01. The molecule has 0 rings (SSSR count). The Labute approximate surface area is 56.5 Å². The van der Waals surface area contributed by atoms with Crippen LogP contribution in [0.3, 0.4) is 0 Å². The van der Waals surface area contributed by atoms with Crippen molar-refractivity contribution in [2.24, 2.45) is 0 Å². The molecule has 0 unspecified atom stereocenters. The van der Waals surface area contributed by atoms with Crippen LogP contribution in [0.5, 0.6) is 0 Å². The Morgan fingerprint density at radius 1 is 1.44 bits per heavy atom. The van der Waals surface area contributed by atoms with Gasteiger partial charge < -0.3 is 15.7 Å². The van der Waals surface area contributed by atoms with Crippen molar-refractivity contribution in [3.05, 3.63) is 0 Å². The third-order valence-corrected chi connectivity index (χ3v) is 1.14. The highest BCUT2D eigenvalue weighted by Gasteiger charge is 1.94. The minimum Gasteiger partial charge on any atom is -0.395 e. The Kier molecular flexibility index (Phi) is 5.93. The highest BCUT2D eigenvalue weighted by atomic mass is 16.3. The van der Waals surface area contributed by atoms with Crippen molar-refractivity contribution < 1.29 is 5.11 Å². The number of aliphatic hydroxyl groups excluding tert-OH is 1. The van der Waals surface area contributed by atoms with E-state index in [1.807, 2.05) is 14.0 Å². The fourth-order valence-corrected chi connectivity index (χ4v) is 0.508. The van der Waals surface area contributed by atoms with Gasteiger partial charge in [-0.05, 0) is 14.0 Å². The molecule has 1 atom stereocenters. The first-order valence-corrected chi connectivity index (χ1v) is 3.30. The number of rotatable bonds is 5. The van der Waals surface area contributed by atoms with E-state index >= 15 is 0 Å². The molecule has 0 aliphatic rings. The lowest BCUT2D eigenvalue weighted by Gasteiger charge is -2.08. The molecule has 3 nitrogen and oxygen atoms in total. The summed E-state index contributed by atoms with van der Waals surface area (Å²) in [4.78, 5) is 0. The first-order chi connectivity index (χ1) is 4.31. The molecule has 9 heavy (non-hydrogen) atoms. The summed E-state index contributed by atoms with van der Waals surface area (Å²) in [6.07, 6.45) is 0. The van der Waals surface area contributed by atoms with Crippen LogP contribution in [-0.4, -0.2) is 37.9 Å². The summed E-state index contributed by atoms with van der Waals surface area (Å²) in [5.74, 6) is 0. The van der Waals surface area contributed by atoms with E-state index in [1.165, 1.54) is 0 Å². The van der Waals surface area contributed by atoms with Gasteiger partial charge in [-0.2, -0.15) is 0 Å². The molecule has 0 bridgehead atoms. The summed E-state index contributed by atoms with van der Waals surface area (Å²) in [5.41, 5.74) is 0. The van der Waals surface area contributed by atoms with Gasteiger partial charge in [0.2, 0.25) is 0 Å². The molecule has 0 saturated heterocycles. The van der Waals surface area contributed by atoms with Crippen LogP contribution in [0, 0.1) is 0 Å². The zero-order valence-electron chi connectivity index (χ0n) is 6.15. The second-order valence-corrected chi connectivity index (χ2v) is 2.14. The van der Waals surface area contributed by atoms with Gasteiger partial charge in [-0.25, -0.2) is 0 Å². The maximum absolute atomic E-state index is 8.55. The van der Waals surface area contributed by atoms with Crippen molar-refractivity contribution in [1.29, 1.82) is 0 Å². The van der Waals surface area contributed by atoms with Crippen LogP contribution in [-0.2, 0) is 0 Å². The lowest BCUT2D eigenvalue weighted by atomic mass is 10.3. The third-order valence-electron chi connectivity index (χ3n) is 1.14. The molecule has 0 aliphatic carbocycles. The van der Waals surface area contributed by atoms with E-state index in [9.17, 15) is 0 Å². The Balaban J connectivity index is 2.88. The van der Waals surface area contributed by atoms with E-state index < -0.39 is 0 Å². The quantitative estimate of drug-likeness (QED) is 0.428. The monoisotopic (exact) mass is 132 g/mol.